The number of furan rings is 1. The monoisotopic (exact) mass is 509 g/mol. The topological polar surface area (TPSA) is 76.6 Å². The van der Waals surface area contributed by atoms with Gasteiger partial charge in [-0.1, -0.05) is 30.3 Å². The van der Waals surface area contributed by atoms with E-state index in [4.69, 9.17) is 13.9 Å². The number of benzene rings is 3. The summed E-state index contributed by atoms with van der Waals surface area (Å²) < 4.78 is 16.6. The van der Waals surface area contributed by atoms with Crippen molar-refractivity contribution in [1.29, 1.82) is 0 Å². The van der Waals surface area contributed by atoms with Crippen molar-refractivity contribution in [3.05, 3.63) is 119 Å². The van der Waals surface area contributed by atoms with Crippen molar-refractivity contribution in [2.45, 2.75) is 6.54 Å². The first-order valence-electron chi connectivity index (χ1n) is 11.5. The molecule has 184 valence electrons. The molecule has 1 aliphatic heterocycles. The molecule has 7 nitrogen and oxygen atoms in total. The molecular weight excluding hydrogens is 486 g/mol. The van der Waals surface area contributed by atoms with Crippen molar-refractivity contribution >= 4 is 35.1 Å². The van der Waals surface area contributed by atoms with E-state index in [1.807, 2.05) is 91.0 Å². The minimum absolute atomic E-state index is 0.172. The molecule has 0 N–H and O–H groups in total. The van der Waals surface area contributed by atoms with Gasteiger partial charge in [-0.25, -0.2) is 0 Å². The van der Waals surface area contributed by atoms with Crippen molar-refractivity contribution in [1.82, 2.24) is 4.90 Å². The number of carbonyl (C=O) groups excluding carboxylic acids is 1. The molecule has 3 aromatic carbocycles. The number of para-hydroxylation sites is 1. The van der Waals surface area contributed by atoms with Gasteiger partial charge in [-0.05, 0) is 89.6 Å². The Hall–Kier alpha value is -4.56. The normalized spacial score (nSPS) is 15.7. The third-order valence-corrected chi connectivity index (χ3v) is 6.38. The summed E-state index contributed by atoms with van der Waals surface area (Å²) in [5.74, 6) is 2.67. The van der Waals surface area contributed by atoms with Crippen LogP contribution in [0.5, 0.6) is 17.2 Å². The van der Waals surface area contributed by atoms with Crippen molar-refractivity contribution in [2.75, 3.05) is 7.11 Å². The van der Waals surface area contributed by atoms with Gasteiger partial charge in [0.15, 0.2) is 5.17 Å². The van der Waals surface area contributed by atoms with Gasteiger partial charge >= 0.3 is 0 Å². The van der Waals surface area contributed by atoms with E-state index in [2.05, 4.69) is 10.2 Å². The van der Waals surface area contributed by atoms with E-state index in [9.17, 15) is 4.79 Å². The maximum Gasteiger partial charge on any atom is 0.267 e. The van der Waals surface area contributed by atoms with Crippen LogP contribution in [-0.4, -0.2) is 29.3 Å². The van der Waals surface area contributed by atoms with Gasteiger partial charge in [-0.15, -0.1) is 5.10 Å². The molecule has 0 spiro atoms. The zero-order chi connectivity index (χ0) is 25.5. The van der Waals surface area contributed by atoms with Crippen LogP contribution in [0.4, 0.5) is 0 Å². The molecule has 5 rings (SSSR count). The van der Waals surface area contributed by atoms with Gasteiger partial charge in [-0.2, -0.15) is 5.10 Å². The van der Waals surface area contributed by atoms with Gasteiger partial charge in [0.1, 0.15) is 23.0 Å². The molecule has 1 aromatic heterocycles. The SMILES string of the molecule is COc1ccc(/C=N\N=C2\S/C(=C\c3cccc(Oc4ccccc4)c3)C(=O)N2Cc2ccco2)cc1. The Morgan fingerprint density at radius 1 is 0.892 bits per heavy atom. The van der Waals surface area contributed by atoms with Gasteiger partial charge < -0.3 is 13.9 Å². The Morgan fingerprint density at radius 3 is 2.46 bits per heavy atom. The minimum Gasteiger partial charge on any atom is -0.497 e. The lowest BCUT2D eigenvalue weighted by Gasteiger charge is -2.12. The number of hydrogen-bond acceptors (Lipinski definition) is 7. The standard InChI is InChI=1S/C29H23N3O4S/c1-34-23-14-12-21(13-15-23)19-30-31-29-32(20-26-11-6-16-35-26)28(33)27(37-29)18-22-7-5-10-25(17-22)36-24-8-3-2-4-9-24/h2-19H,20H2,1H3/b27-18-,30-19-,31-29+. The highest BCUT2D eigenvalue weighted by molar-refractivity contribution is 8.18. The predicted octanol–water partition coefficient (Wildman–Crippen LogP) is 6.59. The van der Waals surface area contributed by atoms with Crippen LogP contribution in [0.15, 0.2) is 117 Å². The minimum atomic E-state index is -0.172. The van der Waals surface area contributed by atoms with Crippen molar-refractivity contribution in [2.24, 2.45) is 10.2 Å². The summed E-state index contributed by atoms with van der Waals surface area (Å²) in [6.07, 6.45) is 5.04. The van der Waals surface area contributed by atoms with Crippen LogP contribution in [0.25, 0.3) is 6.08 Å². The summed E-state index contributed by atoms with van der Waals surface area (Å²) in [7, 11) is 1.62. The molecule has 37 heavy (non-hydrogen) atoms. The number of amides is 1. The van der Waals surface area contributed by atoms with Crippen LogP contribution in [-0.2, 0) is 11.3 Å². The Labute approximate surface area is 218 Å². The number of methoxy groups -OCH3 is 1. The lowest BCUT2D eigenvalue weighted by Crippen LogP contribution is -2.28. The van der Waals surface area contributed by atoms with E-state index in [0.29, 0.717) is 21.6 Å². The molecule has 4 aromatic rings. The fourth-order valence-corrected chi connectivity index (χ4v) is 4.49. The number of ether oxygens (including phenoxy) is 2. The molecule has 1 amide bonds. The maximum atomic E-state index is 13.3. The van der Waals surface area contributed by atoms with Gasteiger partial charge in [0, 0.05) is 0 Å². The van der Waals surface area contributed by atoms with E-state index < -0.39 is 0 Å². The highest BCUT2D eigenvalue weighted by Crippen LogP contribution is 2.34. The first-order valence-corrected chi connectivity index (χ1v) is 12.3. The van der Waals surface area contributed by atoms with E-state index in [1.54, 1.807) is 30.6 Å². The van der Waals surface area contributed by atoms with Crippen LogP contribution in [0.3, 0.4) is 0 Å². The molecule has 0 unspecified atom stereocenters. The summed E-state index contributed by atoms with van der Waals surface area (Å²) in [6.45, 7) is 0.254. The number of amidine groups is 1. The smallest absolute Gasteiger partial charge is 0.267 e. The molecule has 1 fully saturated rings. The Morgan fingerprint density at radius 2 is 1.70 bits per heavy atom. The van der Waals surface area contributed by atoms with Crippen molar-refractivity contribution in [3.8, 4) is 17.2 Å². The number of thioether (sulfide) groups is 1. The molecule has 0 atom stereocenters. The lowest BCUT2D eigenvalue weighted by molar-refractivity contribution is -0.122. The largest absolute Gasteiger partial charge is 0.497 e. The van der Waals surface area contributed by atoms with Crippen molar-refractivity contribution < 1.29 is 18.7 Å². The molecule has 0 radical (unpaired) electrons. The average Bonchev–Trinajstić information content (AvgIpc) is 3.54. The number of rotatable bonds is 8. The van der Waals surface area contributed by atoms with E-state index >= 15 is 0 Å². The van der Waals surface area contributed by atoms with Crippen molar-refractivity contribution in [3.63, 3.8) is 0 Å². The number of nitrogens with zero attached hydrogens (tertiary/aromatic N) is 3. The summed E-state index contributed by atoms with van der Waals surface area (Å²) in [4.78, 5) is 15.4. The molecule has 1 aliphatic rings. The second-order valence-electron chi connectivity index (χ2n) is 7.97. The first-order chi connectivity index (χ1) is 18.2. The summed E-state index contributed by atoms with van der Waals surface area (Å²) >= 11 is 1.27. The fourth-order valence-electron chi connectivity index (χ4n) is 3.56. The van der Waals surface area contributed by atoms with Crippen LogP contribution in [0.1, 0.15) is 16.9 Å². The molecule has 1 saturated heterocycles. The maximum absolute atomic E-state index is 13.3. The zero-order valence-electron chi connectivity index (χ0n) is 20.0. The Bertz CT molecular complexity index is 1450. The van der Waals surface area contributed by atoms with Crippen LogP contribution in [0, 0.1) is 0 Å². The molecular formula is C29H23N3O4S. The highest BCUT2D eigenvalue weighted by atomic mass is 32.2. The molecule has 0 saturated carbocycles. The molecule has 8 heteroatoms. The lowest BCUT2D eigenvalue weighted by atomic mass is 10.2. The summed E-state index contributed by atoms with van der Waals surface area (Å²) in [5.41, 5.74) is 1.70. The molecule has 2 heterocycles. The van der Waals surface area contributed by atoms with Gasteiger partial charge in [0.2, 0.25) is 0 Å². The third-order valence-electron chi connectivity index (χ3n) is 5.38. The Kier molecular flexibility index (Phi) is 7.47. The van der Waals surface area contributed by atoms with Crippen LogP contribution in [0.2, 0.25) is 0 Å². The predicted molar refractivity (Wildman–Crippen MR) is 146 cm³/mol. The second kappa shape index (κ2) is 11.5. The summed E-state index contributed by atoms with van der Waals surface area (Å²) in [5, 5.41) is 9.05. The number of carbonyl (C=O) groups is 1. The van der Waals surface area contributed by atoms with Crippen LogP contribution < -0.4 is 9.47 Å². The van der Waals surface area contributed by atoms with Gasteiger partial charge in [0.05, 0.1) is 31.0 Å². The second-order valence-corrected chi connectivity index (χ2v) is 8.98. The highest BCUT2D eigenvalue weighted by Gasteiger charge is 2.34. The van der Waals surface area contributed by atoms with E-state index in [0.717, 1.165) is 22.6 Å². The summed E-state index contributed by atoms with van der Waals surface area (Å²) in [6, 6.07) is 28.2. The zero-order valence-corrected chi connectivity index (χ0v) is 20.8. The Balaban J connectivity index is 1.38. The quantitative estimate of drug-likeness (QED) is 0.152. The average molecular weight is 510 g/mol. The fraction of sp³-hybridized carbons (Fsp3) is 0.0690. The van der Waals surface area contributed by atoms with Gasteiger partial charge in [-0.3, -0.25) is 9.69 Å². The van der Waals surface area contributed by atoms with Crippen LogP contribution >= 0.6 is 11.8 Å². The van der Waals surface area contributed by atoms with E-state index in [-0.39, 0.29) is 12.5 Å². The molecule has 0 aliphatic carbocycles. The van der Waals surface area contributed by atoms with Gasteiger partial charge in [0.25, 0.3) is 5.91 Å². The number of hydrogen-bond donors (Lipinski definition) is 0. The van der Waals surface area contributed by atoms with E-state index in [1.165, 1.54) is 11.8 Å². The molecule has 0 bridgehead atoms. The third kappa shape index (κ3) is 6.17. The first kappa shape index (κ1) is 24.1.